The van der Waals surface area contributed by atoms with Gasteiger partial charge in [-0.05, 0) is 42.8 Å². The minimum absolute atomic E-state index is 0.112. The van der Waals surface area contributed by atoms with Crippen molar-refractivity contribution in [1.29, 1.82) is 0 Å². The highest BCUT2D eigenvalue weighted by Gasteiger charge is 2.17. The van der Waals surface area contributed by atoms with Gasteiger partial charge < -0.3 is 0 Å². The second-order valence-electron chi connectivity index (χ2n) is 3.88. The van der Waals surface area contributed by atoms with Crippen molar-refractivity contribution in [2.45, 2.75) is 11.8 Å². The Balaban J connectivity index is 2.35. The minimum Gasteiger partial charge on any atom is -0.278 e. The molecule has 4 nitrogen and oxygen atoms in total. The zero-order chi connectivity index (χ0) is 14.0. The van der Waals surface area contributed by atoms with Crippen molar-refractivity contribution >= 4 is 27.3 Å². The molecule has 0 saturated heterocycles. The van der Waals surface area contributed by atoms with Gasteiger partial charge in [-0.15, -0.1) is 0 Å². The molecule has 0 bridgehead atoms. The van der Waals surface area contributed by atoms with E-state index < -0.39 is 16.0 Å². The van der Waals surface area contributed by atoms with Gasteiger partial charge in [0.05, 0.1) is 16.8 Å². The fraction of sp³-hybridized carbons (Fsp3) is 0.0833. The molecule has 0 saturated carbocycles. The maximum Gasteiger partial charge on any atom is 0.262 e. The van der Waals surface area contributed by atoms with Gasteiger partial charge in [0.15, 0.2) is 0 Å². The smallest absolute Gasteiger partial charge is 0.262 e. The zero-order valence-corrected chi connectivity index (χ0v) is 11.5. The summed E-state index contributed by atoms with van der Waals surface area (Å²) in [6.07, 6.45) is 1.11. The molecule has 1 heterocycles. The van der Waals surface area contributed by atoms with E-state index in [-0.39, 0.29) is 10.6 Å². The largest absolute Gasteiger partial charge is 0.278 e. The van der Waals surface area contributed by atoms with Crippen LogP contribution in [-0.2, 0) is 10.0 Å². The zero-order valence-electron chi connectivity index (χ0n) is 9.89. The lowest BCUT2D eigenvalue weighted by Gasteiger charge is -2.10. The molecule has 0 atom stereocenters. The van der Waals surface area contributed by atoms with Gasteiger partial charge in [-0.1, -0.05) is 11.6 Å². The SMILES string of the molecule is Cc1cc(Cl)ccc1S(=O)(=O)Nc1ccc(F)nc1. The number of rotatable bonds is 3. The standard InChI is InChI=1S/C12H10ClFN2O2S/c1-8-6-9(13)2-4-11(8)19(17,18)16-10-3-5-12(14)15-7-10/h2-7,16H,1H3. The number of halogens is 2. The number of pyridine rings is 1. The molecule has 0 fully saturated rings. The van der Waals surface area contributed by atoms with E-state index >= 15 is 0 Å². The first-order valence-electron chi connectivity index (χ1n) is 5.29. The molecule has 0 aliphatic heterocycles. The Labute approximate surface area is 115 Å². The minimum atomic E-state index is -3.74. The number of hydrogen-bond donors (Lipinski definition) is 1. The van der Waals surface area contributed by atoms with Crippen LogP contribution in [0.2, 0.25) is 5.02 Å². The van der Waals surface area contributed by atoms with Crippen LogP contribution in [0, 0.1) is 12.9 Å². The number of nitrogens with zero attached hydrogens (tertiary/aromatic N) is 1. The van der Waals surface area contributed by atoms with Crippen molar-refractivity contribution in [3.05, 3.63) is 53.1 Å². The average molecular weight is 301 g/mol. The third-order valence-corrected chi connectivity index (χ3v) is 4.18. The van der Waals surface area contributed by atoms with Crippen molar-refractivity contribution in [1.82, 2.24) is 4.98 Å². The summed E-state index contributed by atoms with van der Waals surface area (Å²) in [5.74, 6) is -0.675. The van der Waals surface area contributed by atoms with Crippen LogP contribution < -0.4 is 4.72 Å². The predicted molar refractivity (Wildman–Crippen MR) is 71.2 cm³/mol. The highest BCUT2D eigenvalue weighted by molar-refractivity contribution is 7.92. The Morgan fingerprint density at radius 3 is 2.58 bits per heavy atom. The van der Waals surface area contributed by atoms with Crippen LogP contribution in [0.15, 0.2) is 41.4 Å². The summed E-state index contributed by atoms with van der Waals surface area (Å²) < 4.78 is 39.3. The quantitative estimate of drug-likeness (QED) is 0.887. The molecule has 1 aromatic carbocycles. The molecule has 2 rings (SSSR count). The molecule has 2 aromatic rings. The maximum atomic E-state index is 12.6. The monoisotopic (exact) mass is 300 g/mol. The van der Waals surface area contributed by atoms with Gasteiger partial charge >= 0.3 is 0 Å². The van der Waals surface area contributed by atoms with E-state index in [1.807, 2.05) is 0 Å². The van der Waals surface area contributed by atoms with Crippen LogP contribution >= 0.6 is 11.6 Å². The van der Waals surface area contributed by atoms with Crippen LogP contribution in [-0.4, -0.2) is 13.4 Å². The Morgan fingerprint density at radius 1 is 1.26 bits per heavy atom. The van der Waals surface area contributed by atoms with E-state index in [0.717, 1.165) is 12.3 Å². The molecule has 100 valence electrons. The van der Waals surface area contributed by atoms with Gasteiger partial charge in [0, 0.05) is 5.02 Å². The van der Waals surface area contributed by atoms with Gasteiger partial charge in [0.1, 0.15) is 0 Å². The molecule has 0 amide bonds. The topological polar surface area (TPSA) is 59.1 Å². The third-order valence-electron chi connectivity index (χ3n) is 2.41. The molecule has 7 heteroatoms. The Hall–Kier alpha value is -1.66. The normalized spacial score (nSPS) is 11.3. The molecular weight excluding hydrogens is 291 g/mol. The lowest BCUT2D eigenvalue weighted by atomic mass is 10.2. The summed E-state index contributed by atoms with van der Waals surface area (Å²) in [5.41, 5.74) is 0.714. The molecule has 1 N–H and O–H groups in total. The van der Waals surface area contributed by atoms with E-state index in [9.17, 15) is 12.8 Å². The third kappa shape index (κ3) is 3.21. The fourth-order valence-corrected chi connectivity index (χ4v) is 3.06. The molecular formula is C12H10ClFN2O2S. The van der Waals surface area contributed by atoms with Crippen LogP contribution in [0.4, 0.5) is 10.1 Å². The highest BCUT2D eigenvalue weighted by atomic mass is 35.5. The average Bonchev–Trinajstić information content (AvgIpc) is 2.31. The number of hydrogen-bond acceptors (Lipinski definition) is 3. The summed E-state index contributed by atoms with van der Waals surface area (Å²) in [5, 5.41) is 0.458. The molecule has 0 aliphatic carbocycles. The molecule has 0 unspecified atom stereocenters. The fourth-order valence-electron chi connectivity index (χ4n) is 1.56. The Bertz CT molecular complexity index is 702. The van der Waals surface area contributed by atoms with E-state index in [1.54, 1.807) is 13.0 Å². The summed E-state index contributed by atoms with van der Waals surface area (Å²) in [6, 6.07) is 6.83. The number of anilines is 1. The molecule has 19 heavy (non-hydrogen) atoms. The maximum absolute atomic E-state index is 12.6. The lowest BCUT2D eigenvalue weighted by Crippen LogP contribution is -2.14. The Morgan fingerprint density at radius 2 is 2.00 bits per heavy atom. The van der Waals surface area contributed by atoms with E-state index in [4.69, 9.17) is 11.6 Å². The predicted octanol–water partition coefficient (Wildman–Crippen LogP) is 2.98. The summed E-state index contributed by atoms with van der Waals surface area (Å²) in [7, 11) is -3.74. The van der Waals surface area contributed by atoms with Crippen molar-refractivity contribution < 1.29 is 12.8 Å². The lowest BCUT2D eigenvalue weighted by molar-refractivity contribution is 0.583. The van der Waals surface area contributed by atoms with Crippen LogP contribution in [0.5, 0.6) is 0 Å². The van der Waals surface area contributed by atoms with Crippen LogP contribution in [0.25, 0.3) is 0 Å². The highest BCUT2D eigenvalue weighted by Crippen LogP contribution is 2.22. The van der Waals surface area contributed by atoms with E-state index in [2.05, 4.69) is 9.71 Å². The number of sulfonamides is 1. The number of aromatic nitrogens is 1. The number of nitrogens with one attached hydrogen (secondary N) is 1. The molecule has 0 radical (unpaired) electrons. The van der Waals surface area contributed by atoms with Gasteiger partial charge in [0.2, 0.25) is 5.95 Å². The molecule has 0 spiro atoms. The van der Waals surface area contributed by atoms with Gasteiger partial charge in [0.25, 0.3) is 10.0 Å². The summed E-state index contributed by atoms with van der Waals surface area (Å²) in [4.78, 5) is 3.49. The summed E-state index contributed by atoms with van der Waals surface area (Å²) in [6.45, 7) is 1.64. The van der Waals surface area contributed by atoms with E-state index in [1.165, 1.54) is 18.2 Å². The molecule has 1 aromatic heterocycles. The second-order valence-corrected chi connectivity index (χ2v) is 5.97. The summed E-state index contributed by atoms with van der Waals surface area (Å²) >= 11 is 5.78. The number of benzene rings is 1. The second kappa shape index (κ2) is 5.14. The van der Waals surface area contributed by atoms with Crippen molar-refractivity contribution in [2.75, 3.05) is 4.72 Å². The van der Waals surface area contributed by atoms with Crippen molar-refractivity contribution in [3.63, 3.8) is 0 Å². The van der Waals surface area contributed by atoms with Gasteiger partial charge in [-0.3, -0.25) is 4.72 Å². The Kier molecular flexibility index (Phi) is 3.73. The molecule has 0 aliphatic rings. The van der Waals surface area contributed by atoms with Crippen LogP contribution in [0.3, 0.4) is 0 Å². The van der Waals surface area contributed by atoms with Crippen molar-refractivity contribution in [3.8, 4) is 0 Å². The number of aryl methyl sites for hydroxylation is 1. The first-order chi connectivity index (χ1) is 8.88. The van der Waals surface area contributed by atoms with Gasteiger partial charge in [-0.25, -0.2) is 13.4 Å². The van der Waals surface area contributed by atoms with Crippen LogP contribution in [0.1, 0.15) is 5.56 Å². The first-order valence-corrected chi connectivity index (χ1v) is 7.15. The van der Waals surface area contributed by atoms with E-state index in [0.29, 0.717) is 10.6 Å². The van der Waals surface area contributed by atoms with Gasteiger partial charge in [-0.2, -0.15) is 4.39 Å². The van der Waals surface area contributed by atoms with Crippen molar-refractivity contribution in [2.24, 2.45) is 0 Å². The first kappa shape index (κ1) is 13.8.